The van der Waals surface area contributed by atoms with E-state index in [1.165, 1.54) is 22.3 Å². The van der Waals surface area contributed by atoms with Crippen molar-refractivity contribution in [3.8, 4) is 17.2 Å². The van der Waals surface area contributed by atoms with E-state index < -0.39 is 5.41 Å². The van der Waals surface area contributed by atoms with Crippen molar-refractivity contribution in [3.05, 3.63) is 125 Å². The summed E-state index contributed by atoms with van der Waals surface area (Å²) in [7, 11) is 0. The van der Waals surface area contributed by atoms with Crippen molar-refractivity contribution in [1.82, 2.24) is 0 Å². The monoisotopic (exact) mass is 592 g/mol. The van der Waals surface area contributed by atoms with Crippen LogP contribution < -0.4 is 14.2 Å². The third-order valence-corrected chi connectivity index (χ3v) is 9.12. The molecule has 3 saturated heterocycles. The summed E-state index contributed by atoms with van der Waals surface area (Å²) in [6.45, 7) is 10.9. The van der Waals surface area contributed by atoms with Gasteiger partial charge in [0.15, 0.2) is 0 Å². The normalized spacial score (nSPS) is 21.7. The lowest BCUT2D eigenvalue weighted by atomic mass is 9.70. The highest BCUT2D eigenvalue weighted by molar-refractivity contribution is 5.53. The molecule has 7 rings (SSSR count). The topological polar surface area (TPSA) is 65.3 Å². The predicted molar refractivity (Wildman–Crippen MR) is 169 cm³/mol. The summed E-state index contributed by atoms with van der Waals surface area (Å²) in [6, 6.07) is 34.4. The second kappa shape index (κ2) is 11.9. The van der Waals surface area contributed by atoms with Crippen molar-refractivity contribution < 1.29 is 28.4 Å². The molecular weight excluding hydrogens is 552 g/mol. The molecule has 3 aliphatic rings. The molecule has 4 aromatic carbocycles. The highest BCUT2D eigenvalue weighted by atomic mass is 16.6. The lowest BCUT2D eigenvalue weighted by molar-refractivity contribution is 0.262. The lowest BCUT2D eigenvalue weighted by Gasteiger charge is -2.33. The van der Waals surface area contributed by atoms with Gasteiger partial charge in [0, 0.05) is 10.8 Å². The summed E-state index contributed by atoms with van der Waals surface area (Å²) < 4.78 is 33.8. The van der Waals surface area contributed by atoms with Gasteiger partial charge in [-0.3, -0.25) is 0 Å². The molecule has 6 nitrogen and oxygen atoms in total. The second-order valence-electron chi connectivity index (χ2n) is 12.7. The minimum absolute atomic E-state index is 0.185. The van der Waals surface area contributed by atoms with Crippen LogP contribution in [0.15, 0.2) is 97.1 Å². The highest BCUT2D eigenvalue weighted by Crippen LogP contribution is 2.42. The zero-order valence-corrected chi connectivity index (χ0v) is 25.7. The lowest BCUT2D eigenvalue weighted by Crippen LogP contribution is -2.26. The number of rotatable bonds is 14. The number of hydrogen-bond donors (Lipinski definition) is 0. The van der Waals surface area contributed by atoms with Crippen LogP contribution in [0, 0.1) is 0 Å². The van der Waals surface area contributed by atoms with E-state index in [1.807, 2.05) is 6.07 Å². The number of hydrogen-bond acceptors (Lipinski definition) is 6. The Morgan fingerprint density at radius 2 is 0.886 bits per heavy atom. The maximum atomic E-state index is 6.10. The molecule has 6 heteroatoms. The Labute approximate surface area is 259 Å². The number of ether oxygens (including phenoxy) is 6. The molecule has 0 saturated carbocycles. The molecule has 3 fully saturated rings. The Kier molecular flexibility index (Phi) is 7.83. The quantitative estimate of drug-likeness (QED) is 0.120. The summed E-state index contributed by atoms with van der Waals surface area (Å²) in [4.78, 5) is 0. The molecule has 0 aromatic heterocycles. The smallest absolute Gasteiger partial charge is 0.119 e. The molecule has 0 radical (unpaired) electrons. The molecule has 0 N–H and O–H groups in total. The average Bonchev–Trinajstić information content (AvgIpc) is 3.91. The Bertz CT molecular complexity index is 1550. The zero-order valence-electron chi connectivity index (χ0n) is 25.7. The third-order valence-electron chi connectivity index (χ3n) is 9.12. The van der Waals surface area contributed by atoms with E-state index in [1.54, 1.807) is 0 Å². The van der Waals surface area contributed by atoms with Crippen molar-refractivity contribution in [2.24, 2.45) is 0 Å². The van der Waals surface area contributed by atoms with Crippen molar-refractivity contribution in [2.75, 3.05) is 39.6 Å². The van der Waals surface area contributed by atoms with Gasteiger partial charge >= 0.3 is 0 Å². The van der Waals surface area contributed by atoms with Crippen LogP contribution in [0.4, 0.5) is 0 Å². The molecule has 3 aliphatic heterocycles. The van der Waals surface area contributed by atoms with E-state index in [2.05, 4.69) is 112 Å². The first-order chi connectivity index (χ1) is 21.4. The van der Waals surface area contributed by atoms with Gasteiger partial charge in [-0.25, -0.2) is 0 Å². The van der Waals surface area contributed by atoms with Crippen LogP contribution in [0.25, 0.3) is 0 Å². The fraction of sp³-hybridized carbons (Fsp3) is 0.368. The average molecular weight is 593 g/mol. The van der Waals surface area contributed by atoms with Gasteiger partial charge in [0.1, 0.15) is 55.4 Å². The Morgan fingerprint density at radius 1 is 0.500 bits per heavy atom. The number of benzene rings is 4. The van der Waals surface area contributed by atoms with Gasteiger partial charge in [-0.1, -0.05) is 74.5 Å². The molecule has 0 bridgehead atoms. The van der Waals surface area contributed by atoms with Gasteiger partial charge in [-0.05, 0) is 71.1 Å². The SMILES string of the molecule is CC(C)(c1ccc(OCC2CO2)cc1)c1ccc(C(C)(c2ccc(OCC3CO3)cc2)c2cccc(OCC3CO3)c2)cc1. The van der Waals surface area contributed by atoms with Crippen LogP contribution in [0.5, 0.6) is 17.2 Å². The van der Waals surface area contributed by atoms with E-state index >= 15 is 0 Å². The minimum atomic E-state index is -0.430. The van der Waals surface area contributed by atoms with Crippen LogP contribution in [-0.2, 0) is 25.0 Å². The minimum Gasteiger partial charge on any atom is -0.491 e. The molecule has 4 atom stereocenters. The Hall–Kier alpha value is -3.84. The number of epoxide rings is 3. The summed E-state index contributed by atoms with van der Waals surface area (Å²) in [6.07, 6.45) is 0.673. The molecule has 228 valence electrons. The van der Waals surface area contributed by atoms with Crippen molar-refractivity contribution in [1.29, 1.82) is 0 Å². The van der Waals surface area contributed by atoms with Crippen LogP contribution in [0.2, 0.25) is 0 Å². The molecule has 4 unspecified atom stereocenters. The van der Waals surface area contributed by atoms with Gasteiger partial charge in [0.05, 0.1) is 19.8 Å². The van der Waals surface area contributed by atoms with Crippen LogP contribution in [0.1, 0.15) is 48.6 Å². The van der Waals surface area contributed by atoms with Crippen LogP contribution in [0.3, 0.4) is 0 Å². The molecule has 0 amide bonds. The summed E-state index contributed by atoms with van der Waals surface area (Å²) >= 11 is 0. The highest BCUT2D eigenvalue weighted by Gasteiger charge is 2.33. The molecule has 4 aromatic rings. The molecule has 0 spiro atoms. The Morgan fingerprint density at radius 3 is 1.34 bits per heavy atom. The predicted octanol–water partition coefficient (Wildman–Crippen LogP) is 6.70. The first-order valence-electron chi connectivity index (χ1n) is 15.5. The summed E-state index contributed by atoms with van der Waals surface area (Å²) in [5.41, 5.74) is 5.40. The largest absolute Gasteiger partial charge is 0.491 e. The maximum Gasteiger partial charge on any atom is 0.119 e. The maximum absolute atomic E-state index is 6.10. The van der Waals surface area contributed by atoms with Crippen LogP contribution >= 0.6 is 0 Å². The fourth-order valence-corrected chi connectivity index (χ4v) is 5.70. The van der Waals surface area contributed by atoms with Crippen molar-refractivity contribution in [2.45, 2.75) is 49.9 Å². The third kappa shape index (κ3) is 6.48. The van der Waals surface area contributed by atoms with E-state index in [0.717, 1.165) is 42.6 Å². The molecule has 3 heterocycles. The molecule has 0 aliphatic carbocycles. The summed E-state index contributed by atoms with van der Waals surface area (Å²) in [5, 5.41) is 0. The molecule has 44 heavy (non-hydrogen) atoms. The Balaban J connectivity index is 1.17. The van der Waals surface area contributed by atoms with Gasteiger partial charge < -0.3 is 28.4 Å². The van der Waals surface area contributed by atoms with E-state index in [4.69, 9.17) is 28.4 Å². The zero-order chi connectivity index (χ0) is 30.1. The van der Waals surface area contributed by atoms with Crippen LogP contribution in [-0.4, -0.2) is 58.0 Å². The van der Waals surface area contributed by atoms with E-state index in [9.17, 15) is 0 Å². The first kappa shape index (κ1) is 28.9. The van der Waals surface area contributed by atoms with E-state index in [0.29, 0.717) is 19.8 Å². The first-order valence-corrected chi connectivity index (χ1v) is 15.5. The van der Waals surface area contributed by atoms with Gasteiger partial charge in [-0.2, -0.15) is 0 Å². The van der Waals surface area contributed by atoms with Gasteiger partial charge in [-0.15, -0.1) is 0 Å². The standard InChI is InChI=1S/C38H40O6/c1-37(2,27-11-15-31(16-12-27)39-20-34-23-42-34)26-7-9-28(10-8-26)38(3,29-13-17-32(18-14-29)40-21-35-24-43-35)30-5-4-6-33(19-30)41-22-36-25-44-36/h4-19,34-36H,20-25H2,1-3H3. The van der Waals surface area contributed by atoms with Gasteiger partial charge in [0.2, 0.25) is 0 Å². The van der Waals surface area contributed by atoms with E-state index in [-0.39, 0.29) is 23.7 Å². The second-order valence-corrected chi connectivity index (χ2v) is 12.7. The van der Waals surface area contributed by atoms with Crippen molar-refractivity contribution >= 4 is 0 Å². The molecular formula is C38H40O6. The fourth-order valence-electron chi connectivity index (χ4n) is 5.70. The van der Waals surface area contributed by atoms with Gasteiger partial charge in [0.25, 0.3) is 0 Å². The summed E-state index contributed by atoms with van der Waals surface area (Å²) in [5.74, 6) is 2.57. The van der Waals surface area contributed by atoms with Crippen molar-refractivity contribution in [3.63, 3.8) is 0 Å².